The van der Waals surface area contributed by atoms with Crippen LogP contribution in [0, 0.1) is 0 Å². The molecule has 0 aliphatic heterocycles. The lowest BCUT2D eigenvalue weighted by Crippen LogP contribution is -2.29. The van der Waals surface area contributed by atoms with Crippen LogP contribution < -0.4 is 0 Å². The van der Waals surface area contributed by atoms with Gasteiger partial charge in [0, 0.05) is 23.4 Å². The molecule has 0 saturated heterocycles. The van der Waals surface area contributed by atoms with Crippen LogP contribution in [-0.2, 0) is 11.2 Å². The monoisotopic (exact) mass is 258 g/mol. The second-order valence-corrected chi connectivity index (χ2v) is 4.72. The zero-order chi connectivity index (χ0) is 13.6. The normalized spacial score (nSPS) is 18.6. The van der Waals surface area contributed by atoms with Crippen LogP contribution in [0.1, 0.15) is 22.3 Å². The van der Waals surface area contributed by atoms with Crippen LogP contribution >= 0.6 is 0 Å². The summed E-state index contributed by atoms with van der Waals surface area (Å²) in [7, 11) is 1.48. The molecule has 0 heterocycles. The lowest BCUT2D eigenvalue weighted by molar-refractivity contribution is 0.0555. The van der Waals surface area contributed by atoms with E-state index in [-0.39, 0.29) is 22.8 Å². The van der Waals surface area contributed by atoms with E-state index >= 15 is 0 Å². The van der Waals surface area contributed by atoms with Crippen molar-refractivity contribution in [3.8, 4) is 11.5 Å². The van der Waals surface area contributed by atoms with Crippen molar-refractivity contribution >= 4 is 16.6 Å². The number of aromatic hydroxyl groups is 2. The number of fused-ring (bicyclic) bond motifs is 2. The summed E-state index contributed by atoms with van der Waals surface area (Å²) in [6.45, 7) is 0. The predicted octanol–water partition coefficient (Wildman–Crippen LogP) is 2.39. The lowest BCUT2D eigenvalue weighted by Gasteiger charge is -2.24. The minimum Gasteiger partial charge on any atom is -0.507 e. The maximum atomic E-state index is 12.3. The minimum atomic E-state index is -0.543. The molecular weight excluding hydrogens is 244 g/mol. The van der Waals surface area contributed by atoms with Crippen molar-refractivity contribution in [1.29, 1.82) is 0 Å². The number of hydrogen-bond donors (Lipinski definition) is 2. The first-order chi connectivity index (χ1) is 9.15. The zero-order valence-corrected chi connectivity index (χ0v) is 10.5. The third-order valence-electron chi connectivity index (χ3n) is 3.74. The zero-order valence-electron chi connectivity index (χ0n) is 10.5. The average molecular weight is 258 g/mol. The summed E-state index contributed by atoms with van der Waals surface area (Å²) in [6.07, 6.45) is 0.497. The number of carbonyl (C=O) groups is 1. The number of rotatable bonds is 1. The van der Waals surface area contributed by atoms with Crippen molar-refractivity contribution in [2.24, 2.45) is 0 Å². The third-order valence-corrected chi connectivity index (χ3v) is 3.74. The highest BCUT2D eigenvalue weighted by molar-refractivity contribution is 6.11. The first-order valence-corrected chi connectivity index (χ1v) is 6.17. The highest BCUT2D eigenvalue weighted by atomic mass is 16.5. The number of phenolic OH excluding ortho intramolecular Hbond substituents is 2. The number of methoxy groups -OCH3 is 1. The van der Waals surface area contributed by atoms with Crippen molar-refractivity contribution in [3.05, 3.63) is 35.4 Å². The van der Waals surface area contributed by atoms with Crippen LogP contribution in [-0.4, -0.2) is 29.2 Å². The Morgan fingerprint density at radius 3 is 2.42 bits per heavy atom. The second-order valence-electron chi connectivity index (χ2n) is 4.72. The molecule has 2 aromatic carbocycles. The van der Waals surface area contributed by atoms with Crippen molar-refractivity contribution in [1.82, 2.24) is 0 Å². The Morgan fingerprint density at radius 2 is 1.79 bits per heavy atom. The standard InChI is InChI=1S/C15H14O4/c1-19-11-7-6-10-12(15(11)18)14(17)9-5-3-2-4-8(9)13(10)16/h2-5,11,16-17H,6-7H2,1H3. The van der Waals surface area contributed by atoms with E-state index in [0.29, 0.717) is 29.2 Å². The molecule has 1 unspecified atom stereocenters. The number of benzene rings is 2. The highest BCUT2D eigenvalue weighted by Gasteiger charge is 2.33. The molecule has 0 aromatic heterocycles. The molecule has 2 N–H and O–H groups in total. The molecule has 4 nitrogen and oxygen atoms in total. The van der Waals surface area contributed by atoms with Crippen LogP contribution in [0.15, 0.2) is 24.3 Å². The Morgan fingerprint density at radius 1 is 1.16 bits per heavy atom. The van der Waals surface area contributed by atoms with Crippen LogP contribution in [0.4, 0.5) is 0 Å². The summed E-state index contributed by atoms with van der Waals surface area (Å²) in [5, 5.41) is 21.7. The molecule has 4 heteroatoms. The molecule has 0 spiro atoms. The Labute approximate surface area is 110 Å². The number of Topliss-reactive ketones (excluding diaryl/α,β-unsaturated/α-hetero) is 1. The second kappa shape index (κ2) is 4.24. The summed E-state index contributed by atoms with van der Waals surface area (Å²) < 4.78 is 5.12. The average Bonchev–Trinajstić information content (AvgIpc) is 2.44. The minimum absolute atomic E-state index is 0.0600. The van der Waals surface area contributed by atoms with Crippen molar-refractivity contribution in [2.45, 2.75) is 18.9 Å². The van der Waals surface area contributed by atoms with E-state index in [1.807, 2.05) is 0 Å². The van der Waals surface area contributed by atoms with Gasteiger partial charge in [-0.1, -0.05) is 24.3 Å². The summed E-state index contributed by atoms with van der Waals surface area (Å²) in [6, 6.07) is 6.97. The van der Waals surface area contributed by atoms with E-state index < -0.39 is 6.10 Å². The van der Waals surface area contributed by atoms with Crippen molar-refractivity contribution < 1.29 is 19.7 Å². The van der Waals surface area contributed by atoms with Gasteiger partial charge in [-0.15, -0.1) is 0 Å². The molecule has 19 heavy (non-hydrogen) atoms. The van der Waals surface area contributed by atoms with Gasteiger partial charge in [0.25, 0.3) is 0 Å². The van der Waals surface area contributed by atoms with Crippen molar-refractivity contribution in [2.75, 3.05) is 7.11 Å². The van der Waals surface area contributed by atoms with Gasteiger partial charge in [0.15, 0.2) is 5.78 Å². The third kappa shape index (κ3) is 1.60. The first-order valence-electron chi connectivity index (χ1n) is 6.17. The number of phenols is 2. The van der Waals surface area contributed by atoms with E-state index in [1.54, 1.807) is 24.3 Å². The lowest BCUT2D eigenvalue weighted by atomic mass is 9.85. The maximum absolute atomic E-state index is 12.3. The Balaban J connectivity index is 2.36. The van der Waals surface area contributed by atoms with Crippen LogP contribution in [0.3, 0.4) is 0 Å². The van der Waals surface area contributed by atoms with Gasteiger partial charge in [-0.2, -0.15) is 0 Å². The van der Waals surface area contributed by atoms with E-state index in [0.717, 1.165) is 0 Å². The van der Waals surface area contributed by atoms with Crippen LogP contribution in [0.25, 0.3) is 10.8 Å². The van der Waals surface area contributed by atoms with Gasteiger partial charge in [-0.05, 0) is 12.8 Å². The molecule has 1 aliphatic carbocycles. The SMILES string of the molecule is COC1CCc2c(c(O)c3ccccc3c2O)C1=O. The van der Waals surface area contributed by atoms with E-state index in [4.69, 9.17) is 4.74 Å². The van der Waals surface area contributed by atoms with Gasteiger partial charge in [-0.25, -0.2) is 0 Å². The Bertz CT molecular complexity index is 675. The first kappa shape index (κ1) is 12.0. The predicted molar refractivity (Wildman–Crippen MR) is 70.7 cm³/mol. The maximum Gasteiger partial charge on any atom is 0.195 e. The fourth-order valence-electron chi connectivity index (χ4n) is 2.76. The molecule has 0 bridgehead atoms. The molecule has 0 saturated carbocycles. The molecule has 2 aromatic rings. The number of ether oxygens (including phenoxy) is 1. The molecule has 1 aliphatic rings. The fourth-order valence-corrected chi connectivity index (χ4v) is 2.76. The molecule has 98 valence electrons. The van der Waals surface area contributed by atoms with E-state index in [1.165, 1.54) is 7.11 Å². The smallest absolute Gasteiger partial charge is 0.195 e. The number of hydrogen-bond acceptors (Lipinski definition) is 4. The topological polar surface area (TPSA) is 66.8 Å². The summed E-state index contributed by atoms with van der Waals surface area (Å²) >= 11 is 0. The number of ketones is 1. The summed E-state index contributed by atoms with van der Waals surface area (Å²) in [5.41, 5.74) is 0.726. The van der Waals surface area contributed by atoms with Gasteiger partial charge in [0.2, 0.25) is 0 Å². The Kier molecular flexibility index (Phi) is 2.68. The molecule has 0 amide bonds. The largest absolute Gasteiger partial charge is 0.507 e. The molecule has 0 fully saturated rings. The van der Waals surface area contributed by atoms with Gasteiger partial charge in [0.05, 0.1) is 5.56 Å². The van der Waals surface area contributed by atoms with E-state index in [9.17, 15) is 15.0 Å². The quantitative estimate of drug-likeness (QED) is 0.771. The number of carbonyl (C=O) groups excluding carboxylic acids is 1. The molecule has 0 radical (unpaired) electrons. The van der Waals surface area contributed by atoms with Crippen LogP contribution in [0.5, 0.6) is 11.5 Å². The van der Waals surface area contributed by atoms with Crippen LogP contribution in [0.2, 0.25) is 0 Å². The van der Waals surface area contributed by atoms with E-state index in [2.05, 4.69) is 0 Å². The fraction of sp³-hybridized carbons (Fsp3) is 0.267. The van der Waals surface area contributed by atoms with Gasteiger partial charge < -0.3 is 14.9 Å². The van der Waals surface area contributed by atoms with Crippen molar-refractivity contribution in [3.63, 3.8) is 0 Å². The summed E-state index contributed by atoms with van der Waals surface area (Å²) in [4.78, 5) is 12.3. The molecule has 3 rings (SSSR count). The van der Waals surface area contributed by atoms with Gasteiger partial charge in [0.1, 0.15) is 17.6 Å². The molecular formula is C15H14O4. The highest BCUT2D eigenvalue weighted by Crippen LogP contribution is 2.42. The van der Waals surface area contributed by atoms with Gasteiger partial charge >= 0.3 is 0 Å². The molecule has 1 atom stereocenters. The summed E-state index contributed by atoms with van der Waals surface area (Å²) in [5.74, 6) is -0.233. The Hall–Kier alpha value is -2.07. The van der Waals surface area contributed by atoms with Gasteiger partial charge in [-0.3, -0.25) is 4.79 Å².